The maximum Gasteiger partial charge on any atom is 0.179 e. The number of hydrogen-bond acceptors (Lipinski definition) is 2. The molecule has 0 aliphatic heterocycles. The minimum atomic E-state index is -2.66. The average Bonchev–Trinajstić information content (AvgIpc) is 1.05. The van der Waals surface area contributed by atoms with Crippen LogP contribution in [0.15, 0.2) is 478 Å². The van der Waals surface area contributed by atoms with Crippen LogP contribution < -0.4 is 51.7 Å². The first-order chi connectivity index (χ1) is 58.4. The predicted octanol–water partition coefficient (Wildman–Crippen LogP) is 25.5. The summed E-state index contributed by atoms with van der Waals surface area (Å²) >= 11 is 3.51. The van der Waals surface area contributed by atoms with Crippen molar-refractivity contribution in [3.8, 4) is 66.8 Å². The van der Waals surface area contributed by atoms with Gasteiger partial charge in [0.25, 0.3) is 0 Å². The highest BCUT2D eigenvalue weighted by Gasteiger charge is 2.44. The van der Waals surface area contributed by atoms with Crippen molar-refractivity contribution in [3.05, 3.63) is 507 Å². The van der Waals surface area contributed by atoms with Gasteiger partial charge < -0.3 is 17.6 Å². The van der Waals surface area contributed by atoms with Crippen molar-refractivity contribution in [1.82, 2.24) is 0 Å². The van der Waals surface area contributed by atoms with Crippen LogP contribution >= 0.6 is 15.9 Å². The Morgan fingerprint density at radius 3 is 0.750 bits per heavy atom. The fraction of sp³-hybridized carbons (Fsp3) is 0.0522. The van der Waals surface area contributed by atoms with E-state index < -0.39 is 16.1 Å². The Hall–Kier alpha value is -13.5. The molecule has 0 atom stereocenters. The Bertz CT molecular complexity index is 6280. The first-order valence-electron chi connectivity index (χ1n) is 41.2. The summed E-state index contributed by atoms with van der Waals surface area (Å²) in [6.45, 7) is 9.34. The molecule has 0 radical (unpaired) electrons. The summed E-state index contributed by atoms with van der Waals surface area (Å²) in [6, 6.07) is 173. The summed E-state index contributed by atoms with van der Waals surface area (Å²) < 4.78 is 1.12. The second-order valence-electron chi connectivity index (χ2n) is 32.1. The molecule has 1 N–H and O–H groups in total. The summed E-state index contributed by atoms with van der Waals surface area (Å²) in [5, 5.41) is 14.6. The Kier molecular flexibility index (Phi) is 22.8. The second-order valence-corrected chi connectivity index (χ2v) is 40.6. The third kappa shape index (κ3) is 15.3. The summed E-state index contributed by atoms with van der Waals surface area (Å²) in [5.74, 6) is 0. The first kappa shape index (κ1) is 79.0. The monoisotopic (exact) mass is 1640 g/mol. The standard InChI is InChI=1S/C57H45NSi.C36H29NSi.C21H17Br.CH3/c1-57(2)55-26-16-15-25-53(55)54-40-31-45(41-56(54)57)44-29-34-47(35-30-44)58(46-32-27-43(28-33-46)42-17-7-3-8-18-42)48-36-38-52(39-37-48)59(49-19-9-4-10-20-49,50-21-11-5-12-22-50)51-23-13-6-14-24-51;1-5-13-29(14-6-1)30-21-23-31(24-22-30)37-32-25-27-36(28-26-32)38(33-15-7-2-8-16-33,34-17-9-3-10-18-34)35-19-11-4-12-20-35;1-21(2)19-6-4-3-5-17(19)18-12-9-15(13-20(18)21)14-7-10-16(22)11-8-14;/h3-41H,1-2H3;1-28,37H;3-13H,1-2H3;1H3/q;;;-1. The van der Waals surface area contributed by atoms with Gasteiger partial charge >= 0.3 is 0 Å². The number of hydrogen-bond donors (Lipinski definition) is 1. The van der Waals surface area contributed by atoms with Crippen LogP contribution in [0.1, 0.15) is 49.9 Å². The van der Waals surface area contributed by atoms with E-state index in [0.29, 0.717) is 0 Å². The molecule has 5 heteroatoms. The molecule has 20 rings (SSSR count). The Labute approximate surface area is 719 Å². The highest BCUT2D eigenvalue weighted by Crippen LogP contribution is 2.51. The molecule has 0 saturated heterocycles. The fourth-order valence-corrected chi connectivity index (χ4v) is 28.2. The first-order valence-corrected chi connectivity index (χ1v) is 46.0. The zero-order valence-corrected chi connectivity index (χ0v) is 71.9. The van der Waals surface area contributed by atoms with Crippen LogP contribution in [-0.2, 0) is 10.8 Å². The van der Waals surface area contributed by atoms with E-state index in [9.17, 15) is 0 Å². The van der Waals surface area contributed by atoms with Crippen molar-refractivity contribution in [1.29, 1.82) is 0 Å². The molecular formula is C115H94BrN2Si2-. The van der Waals surface area contributed by atoms with Gasteiger partial charge in [-0.25, -0.2) is 0 Å². The molecule has 18 aromatic rings. The third-order valence-electron chi connectivity index (χ3n) is 24.4. The van der Waals surface area contributed by atoms with Crippen LogP contribution in [0.3, 0.4) is 0 Å². The van der Waals surface area contributed by atoms with Gasteiger partial charge in [0.1, 0.15) is 0 Å². The minimum Gasteiger partial charge on any atom is -0.358 e. The van der Waals surface area contributed by atoms with Crippen molar-refractivity contribution in [2.24, 2.45) is 0 Å². The molecule has 0 unspecified atom stereocenters. The van der Waals surface area contributed by atoms with Crippen molar-refractivity contribution in [2.75, 3.05) is 10.2 Å². The molecule has 2 aliphatic carbocycles. The molecular weight excluding hydrogens is 1550 g/mol. The molecule has 2 aliphatic rings. The van der Waals surface area contributed by atoms with Crippen LogP contribution in [0.2, 0.25) is 0 Å². The average molecular weight is 1640 g/mol. The Balaban J connectivity index is 0.000000143. The smallest absolute Gasteiger partial charge is 0.179 e. The topological polar surface area (TPSA) is 15.3 Å². The number of rotatable bonds is 17. The van der Waals surface area contributed by atoms with Crippen LogP contribution in [-0.4, -0.2) is 16.1 Å². The van der Waals surface area contributed by atoms with Crippen LogP contribution in [0.25, 0.3) is 66.8 Å². The summed E-state index contributed by atoms with van der Waals surface area (Å²) in [6.07, 6.45) is 0. The van der Waals surface area contributed by atoms with E-state index in [2.05, 4.69) is 521 Å². The van der Waals surface area contributed by atoms with E-state index in [0.717, 1.165) is 32.9 Å². The van der Waals surface area contributed by atoms with Gasteiger partial charge in [-0.15, -0.1) is 0 Å². The van der Waals surface area contributed by atoms with Crippen molar-refractivity contribution >= 4 is 102 Å². The van der Waals surface area contributed by atoms with E-state index >= 15 is 0 Å². The molecule has 0 heterocycles. The maximum absolute atomic E-state index is 3.60. The van der Waals surface area contributed by atoms with Crippen LogP contribution in [0, 0.1) is 7.43 Å². The summed E-state index contributed by atoms with van der Waals surface area (Å²) in [4.78, 5) is 2.39. The zero-order chi connectivity index (χ0) is 80.8. The normalized spacial score (nSPS) is 12.4. The van der Waals surface area contributed by atoms with E-state index in [1.54, 1.807) is 0 Å². The summed E-state index contributed by atoms with van der Waals surface area (Å²) in [7, 11) is -5.15. The molecule has 0 amide bonds. The number of benzene rings is 18. The molecule has 0 saturated carbocycles. The van der Waals surface area contributed by atoms with Gasteiger partial charge in [0, 0.05) is 43.7 Å². The number of fused-ring (bicyclic) bond motifs is 6. The highest BCUT2D eigenvalue weighted by atomic mass is 79.9. The van der Waals surface area contributed by atoms with Crippen LogP contribution in [0.4, 0.5) is 28.4 Å². The SMILES string of the molecule is CC1(C)c2ccccc2-c2ccc(-c3ccc(Br)cc3)cc21.CC1(C)c2ccccc2-c2ccc(-c3ccc(N(c4ccc(-c5ccccc5)cc4)c4ccc([Si](c5ccccc5)(c5ccccc5)c5ccccc5)cc4)cc3)cc21.[CH3-].c1ccc(-c2ccc(Nc3ccc([Si](c4ccccc4)(c4ccccc4)c4ccccc4)cc3)cc2)cc1. The van der Waals surface area contributed by atoms with E-state index in [1.165, 1.54) is 131 Å². The fourth-order valence-electron chi connectivity index (χ4n) is 18.4. The van der Waals surface area contributed by atoms with E-state index in [1.807, 2.05) is 6.07 Å². The van der Waals surface area contributed by atoms with Gasteiger partial charge in [-0.3, -0.25) is 0 Å². The Morgan fingerprint density at radius 1 is 0.208 bits per heavy atom. The molecule has 2 nitrogen and oxygen atoms in total. The molecule has 18 aromatic carbocycles. The lowest BCUT2D eigenvalue weighted by Crippen LogP contribution is -2.74. The molecule has 120 heavy (non-hydrogen) atoms. The quantitative estimate of drug-likeness (QED) is 0.0555. The maximum atomic E-state index is 3.60. The van der Waals surface area contributed by atoms with E-state index in [4.69, 9.17) is 0 Å². The van der Waals surface area contributed by atoms with Crippen LogP contribution in [0.5, 0.6) is 0 Å². The lowest BCUT2D eigenvalue weighted by molar-refractivity contribution is 0.660. The van der Waals surface area contributed by atoms with Crippen molar-refractivity contribution < 1.29 is 0 Å². The Morgan fingerprint density at radius 2 is 0.425 bits per heavy atom. The van der Waals surface area contributed by atoms with Gasteiger partial charge in [-0.05, 0) is 215 Å². The number of halogens is 1. The van der Waals surface area contributed by atoms with Gasteiger partial charge in [-0.2, -0.15) is 0 Å². The molecule has 0 bridgehead atoms. The molecule has 580 valence electrons. The van der Waals surface area contributed by atoms with Gasteiger partial charge in [0.2, 0.25) is 0 Å². The number of nitrogens with zero attached hydrogens (tertiary/aromatic N) is 1. The lowest BCUT2D eigenvalue weighted by Gasteiger charge is -2.35. The predicted molar refractivity (Wildman–Crippen MR) is 522 cm³/mol. The number of nitrogens with one attached hydrogen (secondary N) is 1. The molecule has 0 fully saturated rings. The largest absolute Gasteiger partial charge is 0.358 e. The highest BCUT2D eigenvalue weighted by molar-refractivity contribution is 9.10. The van der Waals surface area contributed by atoms with Gasteiger partial charge in [0.15, 0.2) is 16.1 Å². The summed E-state index contributed by atoms with van der Waals surface area (Å²) in [5.41, 5.74) is 26.5. The minimum absolute atomic E-state index is 0. The van der Waals surface area contributed by atoms with Gasteiger partial charge in [-0.1, -0.05) is 432 Å². The third-order valence-corrected chi connectivity index (χ3v) is 34.6. The van der Waals surface area contributed by atoms with Crippen molar-refractivity contribution in [2.45, 2.75) is 38.5 Å². The molecule has 0 aromatic heterocycles. The number of anilines is 5. The van der Waals surface area contributed by atoms with E-state index in [-0.39, 0.29) is 18.3 Å². The zero-order valence-electron chi connectivity index (χ0n) is 68.4. The van der Waals surface area contributed by atoms with Crippen molar-refractivity contribution in [3.63, 3.8) is 0 Å². The molecule has 0 spiro atoms. The second kappa shape index (κ2) is 34.6. The van der Waals surface area contributed by atoms with Gasteiger partial charge in [0.05, 0.1) is 0 Å². The lowest BCUT2D eigenvalue weighted by atomic mass is 9.81.